The summed E-state index contributed by atoms with van der Waals surface area (Å²) in [6, 6.07) is 10.8. The third kappa shape index (κ3) is 2.36. The Kier molecular flexibility index (Phi) is 2.87. The summed E-state index contributed by atoms with van der Waals surface area (Å²) in [4.78, 5) is 0. The van der Waals surface area contributed by atoms with Gasteiger partial charge in [0.2, 0.25) is 0 Å². The maximum absolute atomic E-state index is 3.45. The molecular formula is C13H19N. The van der Waals surface area contributed by atoms with Crippen LogP contribution in [0.15, 0.2) is 30.3 Å². The Morgan fingerprint density at radius 3 is 2.71 bits per heavy atom. The quantitative estimate of drug-likeness (QED) is 0.770. The van der Waals surface area contributed by atoms with E-state index >= 15 is 0 Å². The molecule has 14 heavy (non-hydrogen) atoms. The van der Waals surface area contributed by atoms with Crippen LogP contribution >= 0.6 is 0 Å². The lowest BCUT2D eigenvalue weighted by atomic mass is 9.83. The summed E-state index contributed by atoms with van der Waals surface area (Å²) in [6.07, 6.45) is 3.86. The van der Waals surface area contributed by atoms with Crippen LogP contribution in [0.4, 0.5) is 0 Å². The fraction of sp³-hybridized carbons (Fsp3) is 0.538. The topological polar surface area (TPSA) is 12.0 Å². The van der Waals surface area contributed by atoms with Gasteiger partial charge in [0.05, 0.1) is 0 Å². The van der Waals surface area contributed by atoms with Crippen molar-refractivity contribution in [1.82, 2.24) is 5.32 Å². The summed E-state index contributed by atoms with van der Waals surface area (Å²) in [5.41, 5.74) is 2.01. The molecule has 0 bridgehead atoms. The van der Waals surface area contributed by atoms with Gasteiger partial charge in [-0.2, -0.15) is 0 Å². The van der Waals surface area contributed by atoms with Crippen molar-refractivity contribution in [3.63, 3.8) is 0 Å². The van der Waals surface area contributed by atoms with E-state index < -0.39 is 0 Å². The van der Waals surface area contributed by atoms with Gasteiger partial charge in [-0.1, -0.05) is 37.3 Å². The minimum absolute atomic E-state index is 0.538. The minimum atomic E-state index is 0.538. The van der Waals surface area contributed by atoms with Gasteiger partial charge >= 0.3 is 0 Å². The normalized spacial score (nSPS) is 26.6. The monoisotopic (exact) mass is 189 g/mol. The zero-order valence-electron chi connectivity index (χ0n) is 8.92. The van der Waals surface area contributed by atoms with Gasteiger partial charge in [-0.3, -0.25) is 0 Å². The number of benzene rings is 1. The molecule has 0 aliphatic carbocycles. The van der Waals surface area contributed by atoms with Crippen molar-refractivity contribution in [3.8, 4) is 0 Å². The van der Waals surface area contributed by atoms with Crippen molar-refractivity contribution >= 4 is 0 Å². The molecule has 0 amide bonds. The van der Waals surface area contributed by atoms with E-state index in [1.54, 1.807) is 0 Å². The molecule has 0 saturated carbocycles. The van der Waals surface area contributed by atoms with E-state index in [1.807, 2.05) is 0 Å². The zero-order valence-corrected chi connectivity index (χ0v) is 8.92. The Hall–Kier alpha value is -0.820. The molecule has 1 aromatic carbocycles. The predicted molar refractivity (Wildman–Crippen MR) is 60.4 cm³/mol. The van der Waals surface area contributed by atoms with Gasteiger partial charge < -0.3 is 5.32 Å². The molecule has 0 spiro atoms. The lowest BCUT2D eigenvalue weighted by Gasteiger charge is -2.22. The van der Waals surface area contributed by atoms with Crippen molar-refractivity contribution in [2.45, 2.75) is 26.2 Å². The third-order valence-corrected chi connectivity index (χ3v) is 3.32. The fourth-order valence-corrected chi connectivity index (χ4v) is 2.17. The van der Waals surface area contributed by atoms with Crippen LogP contribution in [-0.4, -0.2) is 13.1 Å². The van der Waals surface area contributed by atoms with Gasteiger partial charge in [0, 0.05) is 6.54 Å². The first-order valence-corrected chi connectivity index (χ1v) is 5.53. The molecule has 1 aromatic rings. The SMILES string of the molecule is C[C@@]1(CCc2ccccc2)CCNC1. The number of hydrogen-bond acceptors (Lipinski definition) is 1. The molecule has 76 valence electrons. The smallest absolute Gasteiger partial charge is 0.000575 e. The summed E-state index contributed by atoms with van der Waals surface area (Å²) >= 11 is 0. The molecule has 2 rings (SSSR count). The largest absolute Gasteiger partial charge is 0.316 e. The number of aryl methyl sites for hydroxylation is 1. The average molecular weight is 189 g/mol. The van der Waals surface area contributed by atoms with Gasteiger partial charge in [0.15, 0.2) is 0 Å². The Balaban J connectivity index is 1.88. The lowest BCUT2D eigenvalue weighted by Crippen LogP contribution is -2.20. The number of rotatable bonds is 3. The van der Waals surface area contributed by atoms with Crippen LogP contribution in [0.25, 0.3) is 0 Å². The molecule has 1 N–H and O–H groups in total. The molecular weight excluding hydrogens is 170 g/mol. The summed E-state index contributed by atoms with van der Waals surface area (Å²) in [6.45, 7) is 4.79. The van der Waals surface area contributed by atoms with Crippen molar-refractivity contribution in [2.24, 2.45) is 5.41 Å². The first-order chi connectivity index (χ1) is 6.79. The summed E-state index contributed by atoms with van der Waals surface area (Å²) in [5, 5.41) is 3.45. The Morgan fingerprint density at radius 2 is 2.07 bits per heavy atom. The fourth-order valence-electron chi connectivity index (χ4n) is 2.17. The van der Waals surface area contributed by atoms with Gasteiger partial charge in [-0.15, -0.1) is 0 Å². The molecule has 1 saturated heterocycles. The second-order valence-electron chi connectivity index (χ2n) is 4.72. The van der Waals surface area contributed by atoms with Gasteiger partial charge in [0.25, 0.3) is 0 Å². The Bertz CT molecular complexity index is 273. The van der Waals surface area contributed by atoms with Crippen molar-refractivity contribution in [1.29, 1.82) is 0 Å². The van der Waals surface area contributed by atoms with Crippen molar-refractivity contribution in [2.75, 3.05) is 13.1 Å². The highest BCUT2D eigenvalue weighted by molar-refractivity contribution is 5.15. The van der Waals surface area contributed by atoms with Gasteiger partial charge in [-0.25, -0.2) is 0 Å². The molecule has 0 radical (unpaired) electrons. The van der Waals surface area contributed by atoms with Crippen LogP contribution in [0.3, 0.4) is 0 Å². The lowest BCUT2D eigenvalue weighted by molar-refractivity contribution is 0.335. The first kappa shape index (κ1) is 9.72. The van der Waals surface area contributed by atoms with E-state index in [2.05, 4.69) is 42.6 Å². The van der Waals surface area contributed by atoms with E-state index in [0.717, 1.165) is 0 Å². The van der Waals surface area contributed by atoms with Crippen LogP contribution in [0, 0.1) is 5.41 Å². The Morgan fingerprint density at radius 1 is 1.29 bits per heavy atom. The van der Waals surface area contributed by atoms with Crippen LogP contribution in [-0.2, 0) is 6.42 Å². The van der Waals surface area contributed by atoms with Gasteiger partial charge in [-0.05, 0) is 36.8 Å². The van der Waals surface area contributed by atoms with E-state index in [-0.39, 0.29) is 0 Å². The highest BCUT2D eigenvalue weighted by Crippen LogP contribution is 2.29. The highest BCUT2D eigenvalue weighted by Gasteiger charge is 2.27. The first-order valence-electron chi connectivity index (χ1n) is 5.53. The molecule has 0 aromatic heterocycles. The summed E-state index contributed by atoms with van der Waals surface area (Å²) in [5.74, 6) is 0. The molecule has 1 atom stereocenters. The number of hydrogen-bond donors (Lipinski definition) is 1. The molecule has 1 nitrogen and oxygen atoms in total. The molecule has 1 aliphatic heterocycles. The zero-order chi connectivity index (χ0) is 9.86. The van der Waals surface area contributed by atoms with E-state index in [4.69, 9.17) is 0 Å². The van der Waals surface area contributed by atoms with E-state index in [0.29, 0.717) is 5.41 Å². The van der Waals surface area contributed by atoms with E-state index in [9.17, 15) is 0 Å². The summed E-state index contributed by atoms with van der Waals surface area (Å²) in [7, 11) is 0. The Labute approximate surface area is 86.5 Å². The molecule has 1 fully saturated rings. The molecule has 1 heterocycles. The number of nitrogens with one attached hydrogen (secondary N) is 1. The van der Waals surface area contributed by atoms with Crippen molar-refractivity contribution < 1.29 is 0 Å². The van der Waals surface area contributed by atoms with Crippen LogP contribution < -0.4 is 5.32 Å². The van der Waals surface area contributed by atoms with Crippen molar-refractivity contribution in [3.05, 3.63) is 35.9 Å². The average Bonchev–Trinajstić information content (AvgIpc) is 2.65. The molecule has 1 aliphatic rings. The predicted octanol–water partition coefficient (Wildman–Crippen LogP) is 2.62. The second-order valence-corrected chi connectivity index (χ2v) is 4.72. The van der Waals surface area contributed by atoms with Gasteiger partial charge in [0.1, 0.15) is 0 Å². The minimum Gasteiger partial charge on any atom is -0.316 e. The second kappa shape index (κ2) is 4.14. The van der Waals surface area contributed by atoms with Crippen LogP contribution in [0.1, 0.15) is 25.3 Å². The third-order valence-electron chi connectivity index (χ3n) is 3.32. The molecule has 0 unspecified atom stereocenters. The van der Waals surface area contributed by atoms with Crippen LogP contribution in [0.5, 0.6) is 0 Å². The molecule has 1 heteroatoms. The van der Waals surface area contributed by atoms with E-state index in [1.165, 1.54) is 37.9 Å². The standard InChI is InChI=1S/C13H19N/c1-13(9-10-14-11-13)8-7-12-5-3-2-4-6-12/h2-6,14H,7-11H2,1H3/t13-/m1/s1. The van der Waals surface area contributed by atoms with Crippen LogP contribution in [0.2, 0.25) is 0 Å². The maximum Gasteiger partial charge on any atom is 0.000575 e. The summed E-state index contributed by atoms with van der Waals surface area (Å²) < 4.78 is 0. The highest BCUT2D eigenvalue weighted by atomic mass is 14.9. The maximum atomic E-state index is 3.45.